The maximum absolute atomic E-state index is 5.93. The molecule has 0 radical (unpaired) electrons. The normalized spacial score (nSPS) is 10.8. The number of nitrogens with zero attached hydrogens (tertiary/aromatic N) is 2. The zero-order valence-corrected chi connectivity index (χ0v) is 14.3. The molecule has 23 heavy (non-hydrogen) atoms. The van der Waals surface area contributed by atoms with Crippen molar-refractivity contribution in [3.63, 3.8) is 0 Å². The Labute approximate surface area is 147 Å². The van der Waals surface area contributed by atoms with E-state index in [2.05, 4.69) is 22.9 Å². The van der Waals surface area contributed by atoms with E-state index in [1.165, 1.54) is 0 Å². The van der Waals surface area contributed by atoms with E-state index >= 15 is 0 Å². The molecule has 0 saturated heterocycles. The van der Waals surface area contributed by atoms with Crippen LogP contribution in [0, 0.1) is 0 Å². The van der Waals surface area contributed by atoms with E-state index in [0.717, 1.165) is 37.6 Å². The van der Waals surface area contributed by atoms with Crippen LogP contribution in [0.1, 0.15) is 0 Å². The van der Waals surface area contributed by atoms with Gasteiger partial charge in [0.15, 0.2) is 0 Å². The molecule has 0 bridgehead atoms. The first-order valence-electron chi connectivity index (χ1n) is 7.02. The summed E-state index contributed by atoms with van der Waals surface area (Å²) < 4.78 is 0. The highest BCUT2D eigenvalue weighted by Crippen LogP contribution is 2.32. The van der Waals surface area contributed by atoms with Crippen LogP contribution in [0.15, 0.2) is 65.4 Å². The predicted octanol–water partition coefficient (Wildman–Crippen LogP) is 6.25. The molecule has 4 rings (SSSR count). The van der Waals surface area contributed by atoms with Crippen molar-refractivity contribution in [1.82, 2.24) is 9.97 Å². The Morgan fingerprint density at radius 2 is 1.30 bits per heavy atom. The molecule has 0 atom stereocenters. The number of thiazole rings is 2. The summed E-state index contributed by atoms with van der Waals surface area (Å²) in [5.74, 6) is 0. The standard InChI is InChI=1S/C18H11ClN2S2/c19-14-8-6-12(7-9-14)15-10-23-18(20-15)16-11-22-17(21-16)13-4-2-1-3-5-13/h1-11H. The van der Waals surface area contributed by atoms with Crippen molar-refractivity contribution >= 4 is 34.3 Å². The van der Waals surface area contributed by atoms with E-state index in [0.29, 0.717) is 0 Å². The van der Waals surface area contributed by atoms with Crippen LogP contribution >= 0.6 is 34.3 Å². The van der Waals surface area contributed by atoms with E-state index < -0.39 is 0 Å². The second kappa shape index (κ2) is 6.24. The lowest BCUT2D eigenvalue weighted by Gasteiger charge is -1.96. The first-order valence-corrected chi connectivity index (χ1v) is 9.16. The monoisotopic (exact) mass is 354 g/mol. The van der Waals surface area contributed by atoms with Gasteiger partial charge in [-0.25, -0.2) is 9.97 Å². The lowest BCUT2D eigenvalue weighted by Crippen LogP contribution is -1.80. The van der Waals surface area contributed by atoms with Crippen LogP contribution in [0.4, 0.5) is 0 Å². The van der Waals surface area contributed by atoms with Crippen LogP contribution in [0.3, 0.4) is 0 Å². The molecule has 5 heteroatoms. The van der Waals surface area contributed by atoms with Gasteiger partial charge in [0.05, 0.1) is 5.69 Å². The molecule has 0 aliphatic heterocycles. The highest BCUT2D eigenvalue weighted by atomic mass is 35.5. The zero-order chi connectivity index (χ0) is 15.6. The van der Waals surface area contributed by atoms with E-state index in [-0.39, 0.29) is 0 Å². The molecule has 4 aromatic rings. The molecule has 112 valence electrons. The minimum atomic E-state index is 0.733. The molecule has 0 unspecified atom stereocenters. The summed E-state index contributed by atoms with van der Waals surface area (Å²) >= 11 is 9.19. The van der Waals surface area contributed by atoms with Gasteiger partial charge >= 0.3 is 0 Å². The van der Waals surface area contributed by atoms with E-state index in [4.69, 9.17) is 21.6 Å². The topological polar surface area (TPSA) is 25.8 Å². The average Bonchev–Trinajstić information content (AvgIpc) is 3.26. The van der Waals surface area contributed by atoms with Crippen LogP contribution in [0.5, 0.6) is 0 Å². The van der Waals surface area contributed by atoms with Gasteiger partial charge in [-0.15, -0.1) is 22.7 Å². The van der Waals surface area contributed by atoms with Gasteiger partial charge in [0.2, 0.25) is 0 Å². The number of rotatable bonds is 3. The summed E-state index contributed by atoms with van der Waals surface area (Å²) in [5.41, 5.74) is 4.09. The Morgan fingerprint density at radius 3 is 2.09 bits per heavy atom. The van der Waals surface area contributed by atoms with E-state index in [1.54, 1.807) is 22.7 Å². The molecule has 2 nitrogen and oxygen atoms in total. The molecule has 0 fully saturated rings. The fourth-order valence-electron chi connectivity index (χ4n) is 2.23. The summed E-state index contributed by atoms with van der Waals surface area (Å²) in [7, 11) is 0. The van der Waals surface area contributed by atoms with Crippen molar-refractivity contribution in [2.75, 3.05) is 0 Å². The lowest BCUT2D eigenvalue weighted by molar-refractivity contribution is 1.34. The Hall–Kier alpha value is -2.01. The average molecular weight is 355 g/mol. The van der Waals surface area contributed by atoms with Crippen molar-refractivity contribution in [1.29, 1.82) is 0 Å². The number of aromatic nitrogens is 2. The van der Waals surface area contributed by atoms with Crippen molar-refractivity contribution in [2.24, 2.45) is 0 Å². The minimum Gasteiger partial charge on any atom is -0.234 e. The van der Waals surface area contributed by atoms with Gasteiger partial charge in [0.1, 0.15) is 15.7 Å². The Balaban J connectivity index is 1.65. The van der Waals surface area contributed by atoms with E-state index in [9.17, 15) is 0 Å². The van der Waals surface area contributed by atoms with Gasteiger partial charge < -0.3 is 0 Å². The van der Waals surface area contributed by atoms with Gasteiger partial charge in [-0.1, -0.05) is 54.1 Å². The molecule has 0 saturated carbocycles. The summed E-state index contributed by atoms with van der Waals surface area (Å²) in [5, 5.41) is 6.81. The van der Waals surface area contributed by atoms with Gasteiger partial charge in [-0.05, 0) is 12.1 Å². The number of hydrogen-bond acceptors (Lipinski definition) is 4. The highest BCUT2D eigenvalue weighted by Gasteiger charge is 2.11. The zero-order valence-electron chi connectivity index (χ0n) is 11.9. The van der Waals surface area contributed by atoms with Crippen LogP contribution in [0.2, 0.25) is 5.02 Å². The molecular weight excluding hydrogens is 344 g/mol. The van der Waals surface area contributed by atoms with Gasteiger partial charge in [-0.2, -0.15) is 0 Å². The second-order valence-electron chi connectivity index (χ2n) is 4.95. The predicted molar refractivity (Wildman–Crippen MR) is 99.1 cm³/mol. The Bertz CT molecular complexity index is 927. The van der Waals surface area contributed by atoms with Crippen molar-refractivity contribution in [3.05, 3.63) is 70.4 Å². The number of hydrogen-bond donors (Lipinski definition) is 0. The van der Waals surface area contributed by atoms with Gasteiger partial charge in [-0.3, -0.25) is 0 Å². The Morgan fingerprint density at radius 1 is 0.652 bits per heavy atom. The third-order valence-corrected chi connectivity index (χ3v) is 5.40. The molecule has 0 amide bonds. The second-order valence-corrected chi connectivity index (χ2v) is 7.10. The van der Waals surface area contributed by atoms with Crippen molar-refractivity contribution in [3.8, 4) is 32.5 Å². The summed E-state index contributed by atoms with van der Waals surface area (Å²) in [6.45, 7) is 0. The number of benzene rings is 2. The van der Waals surface area contributed by atoms with Crippen LogP contribution in [-0.2, 0) is 0 Å². The van der Waals surface area contributed by atoms with Crippen molar-refractivity contribution < 1.29 is 0 Å². The van der Waals surface area contributed by atoms with Gasteiger partial charge in [0.25, 0.3) is 0 Å². The SMILES string of the molecule is Clc1ccc(-c2csc(-c3csc(-c4ccccc4)n3)n2)cc1. The maximum atomic E-state index is 5.93. The van der Waals surface area contributed by atoms with Crippen LogP contribution in [0.25, 0.3) is 32.5 Å². The third-order valence-electron chi connectivity index (χ3n) is 3.39. The minimum absolute atomic E-state index is 0.733. The number of halogens is 1. The first kappa shape index (κ1) is 14.6. The van der Waals surface area contributed by atoms with E-state index in [1.807, 2.05) is 42.5 Å². The molecule has 0 spiro atoms. The highest BCUT2D eigenvalue weighted by molar-refractivity contribution is 7.15. The third kappa shape index (κ3) is 3.06. The molecule has 0 N–H and O–H groups in total. The lowest BCUT2D eigenvalue weighted by atomic mass is 10.2. The smallest absolute Gasteiger partial charge is 0.143 e. The largest absolute Gasteiger partial charge is 0.234 e. The molecule has 2 aromatic carbocycles. The first-order chi connectivity index (χ1) is 11.3. The Kier molecular flexibility index (Phi) is 3.95. The molecule has 0 aliphatic rings. The summed E-state index contributed by atoms with van der Waals surface area (Å²) in [4.78, 5) is 9.42. The molecule has 0 aliphatic carbocycles. The van der Waals surface area contributed by atoms with Crippen molar-refractivity contribution in [2.45, 2.75) is 0 Å². The van der Waals surface area contributed by atoms with Crippen LogP contribution < -0.4 is 0 Å². The molecule has 2 aromatic heterocycles. The van der Waals surface area contributed by atoms with Crippen LogP contribution in [-0.4, -0.2) is 9.97 Å². The molecular formula is C18H11ClN2S2. The maximum Gasteiger partial charge on any atom is 0.143 e. The quantitative estimate of drug-likeness (QED) is 0.434. The molecule has 2 heterocycles. The fourth-order valence-corrected chi connectivity index (χ4v) is 4.03. The van der Waals surface area contributed by atoms with Gasteiger partial charge in [0, 0.05) is 26.9 Å². The summed E-state index contributed by atoms with van der Waals surface area (Å²) in [6, 6.07) is 17.9. The summed E-state index contributed by atoms with van der Waals surface area (Å²) in [6.07, 6.45) is 0. The fraction of sp³-hybridized carbons (Fsp3) is 0.